The van der Waals surface area contributed by atoms with Gasteiger partial charge in [-0.1, -0.05) is 36.8 Å². The molecule has 17 nitrogen and oxygen atoms in total. The van der Waals surface area contributed by atoms with Crippen LogP contribution < -0.4 is 27.0 Å². The van der Waals surface area contributed by atoms with Crippen LogP contribution in [0, 0.1) is 0 Å². The van der Waals surface area contributed by atoms with Crippen molar-refractivity contribution >= 4 is 63.2 Å². The molecule has 0 fully saturated rings. The van der Waals surface area contributed by atoms with Crippen molar-refractivity contribution in [2.75, 3.05) is 37.7 Å². The monoisotopic (exact) mass is 789 g/mol. The molecule has 57 heavy (non-hydrogen) atoms. The van der Waals surface area contributed by atoms with E-state index in [1.807, 2.05) is 35.8 Å². The van der Waals surface area contributed by atoms with E-state index >= 15 is 0 Å². The number of ether oxygens (including phenoxy) is 1. The molecule has 0 bridgehead atoms. The number of anilines is 2. The van der Waals surface area contributed by atoms with Gasteiger partial charge in [-0.05, 0) is 83.8 Å². The SMILES string of the molecule is CCN(Cc1nc2c(N)nc3ccccc3c2n1CC(C)(C)O)C(=O)OCc1ccc(NC(=O)[C@H](CCCNC)NC(=O)CNC(=O)CCCCCC(=O)O)cc1. The van der Waals surface area contributed by atoms with E-state index < -0.39 is 35.5 Å². The number of hydrogen-bond donors (Lipinski definition) is 7. The van der Waals surface area contributed by atoms with E-state index in [2.05, 4.69) is 26.3 Å². The third-order valence-corrected chi connectivity index (χ3v) is 9.10. The molecule has 2 heterocycles. The molecule has 2 aromatic carbocycles. The Bertz CT molecular complexity index is 2010. The first kappa shape index (κ1) is 43.9. The Balaban J connectivity index is 1.34. The second-order valence-corrected chi connectivity index (χ2v) is 14.5. The fourth-order valence-corrected chi connectivity index (χ4v) is 6.21. The van der Waals surface area contributed by atoms with Crippen LogP contribution in [0.2, 0.25) is 0 Å². The number of hydrogen-bond acceptors (Lipinski definition) is 11. The number of fused-ring (bicyclic) bond motifs is 3. The maximum Gasteiger partial charge on any atom is 0.410 e. The Hall–Kier alpha value is -5.81. The Morgan fingerprint density at radius 3 is 2.37 bits per heavy atom. The number of imidazole rings is 1. The summed E-state index contributed by atoms with van der Waals surface area (Å²) in [5, 5.41) is 31.4. The highest BCUT2D eigenvalue weighted by Crippen LogP contribution is 2.30. The number of carboxylic acid groups (broad SMARTS) is 1. The summed E-state index contributed by atoms with van der Waals surface area (Å²) in [5.41, 5.74) is 8.27. The summed E-state index contributed by atoms with van der Waals surface area (Å²) in [6.07, 6.45) is 2.19. The molecule has 4 rings (SSSR count). The largest absolute Gasteiger partial charge is 0.481 e. The van der Waals surface area contributed by atoms with Crippen molar-refractivity contribution < 1.29 is 38.9 Å². The molecule has 0 saturated carbocycles. The highest BCUT2D eigenvalue weighted by molar-refractivity contribution is 6.06. The van der Waals surface area contributed by atoms with Gasteiger partial charge in [0.05, 0.1) is 36.3 Å². The normalized spacial score (nSPS) is 11.9. The summed E-state index contributed by atoms with van der Waals surface area (Å²) >= 11 is 0. The summed E-state index contributed by atoms with van der Waals surface area (Å²) in [7, 11) is 1.79. The fraction of sp³-hybridized carbons (Fsp3) is 0.475. The van der Waals surface area contributed by atoms with Crippen molar-refractivity contribution in [3.8, 4) is 0 Å². The van der Waals surface area contributed by atoms with Crippen LogP contribution in [-0.2, 0) is 43.6 Å². The number of amides is 4. The standard InChI is InChI=1S/C40H55N9O8/c1-5-48(23-31-47-35-36(49(31)25-40(2,3)56)28-12-9-10-13-29(28)46-37(35)41)39(55)57-24-26-17-19-27(20-18-26)44-38(54)30(14-11-21-42-4)45-33(51)22-43-32(50)15-7-6-8-16-34(52)53/h9-10,12-13,17-20,30,42,56H,5-8,11,14-16,21-25H2,1-4H3,(H2,41,46)(H,43,50)(H,44,54)(H,45,51)(H,52,53)/t30-/m0/s1. The van der Waals surface area contributed by atoms with Gasteiger partial charge in [0.1, 0.15) is 24.0 Å². The molecule has 0 aliphatic heterocycles. The lowest BCUT2D eigenvalue weighted by Gasteiger charge is -2.24. The molecule has 0 aliphatic rings. The van der Waals surface area contributed by atoms with Crippen LogP contribution in [-0.4, -0.2) is 97.8 Å². The second kappa shape index (κ2) is 20.9. The van der Waals surface area contributed by atoms with Gasteiger partial charge in [0.15, 0.2) is 5.82 Å². The number of aromatic nitrogens is 3. The molecule has 2 aromatic heterocycles. The average molecular weight is 790 g/mol. The molecule has 0 unspecified atom stereocenters. The van der Waals surface area contributed by atoms with Gasteiger partial charge in [0.2, 0.25) is 17.7 Å². The smallest absolute Gasteiger partial charge is 0.410 e. The van der Waals surface area contributed by atoms with Gasteiger partial charge >= 0.3 is 12.1 Å². The zero-order valence-corrected chi connectivity index (χ0v) is 33.1. The summed E-state index contributed by atoms with van der Waals surface area (Å²) in [6, 6.07) is 13.5. The molecule has 4 amide bonds. The van der Waals surface area contributed by atoms with Crippen LogP contribution in [0.4, 0.5) is 16.3 Å². The van der Waals surface area contributed by atoms with Gasteiger partial charge in [0.25, 0.3) is 0 Å². The topological polar surface area (TPSA) is 243 Å². The number of aliphatic carboxylic acids is 1. The number of pyridine rings is 1. The highest BCUT2D eigenvalue weighted by atomic mass is 16.6. The number of nitrogens with zero attached hydrogens (tertiary/aromatic N) is 4. The average Bonchev–Trinajstić information content (AvgIpc) is 3.52. The number of carboxylic acids is 1. The second-order valence-electron chi connectivity index (χ2n) is 14.5. The Morgan fingerprint density at radius 1 is 0.965 bits per heavy atom. The number of nitrogens with two attached hydrogens (primary N) is 1. The van der Waals surface area contributed by atoms with Crippen molar-refractivity contribution in [1.29, 1.82) is 0 Å². The van der Waals surface area contributed by atoms with Crippen LogP contribution in [0.1, 0.15) is 77.1 Å². The molecule has 0 radical (unpaired) electrons. The summed E-state index contributed by atoms with van der Waals surface area (Å²) in [6.45, 7) is 6.12. The maximum absolute atomic E-state index is 13.3. The number of carbonyl (C=O) groups is 5. The fourth-order valence-electron chi connectivity index (χ4n) is 6.21. The van der Waals surface area contributed by atoms with Crippen LogP contribution in [0.25, 0.3) is 21.9 Å². The van der Waals surface area contributed by atoms with E-state index in [9.17, 15) is 29.1 Å². The first-order chi connectivity index (χ1) is 27.2. The minimum atomic E-state index is -1.10. The summed E-state index contributed by atoms with van der Waals surface area (Å²) < 4.78 is 7.55. The number of nitrogens with one attached hydrogen (secondary N) is 4. The molecular weight excluding hydrogens is 734 g/mol. The number of para-hydroxylation sites is 1. The lowest BCUT2D eigenvalue weighted by Crippen LogP contribution is -2.47. The number of unbranched alkanes of at least 4 members (excludes halogenated alkanes) is 2. The minimum absolute atomic E-state index is 0.0398. The summed E-state index contributed by atoms with van der Waals surface area (Å²) in [4.78, 5) is 72.8. The predicted octanol–water partition coefficient (Wildman–Crippen LogP) is 3.67. The molecule has 8 N–H and O–H groups in total. The zero-order valence-electron chi connectivity index (χ0n) is 33.1. The number of carbonyl (C=O) groups excluding carboxylic acids is 4. The number of benzene rings is 2. The van der Waals surface area contributed by atoms with Gasteiger partial charge < -0.3 is 51.4 Å². The Morgan fingerprint density at radius 2 is 1.68 bits per heavy atom. The molecule has 17 heteroatoms. The molecular formula is C40H55N9O8. The van der Waals surface area contributed by atoms with Crippen LogP contribution in [0.5, 0.6) is 0 Å². The lowest BCUT2D eigenvalue weighted by atomic mass is 10.1. The molecule has 0 aliphatic carbocycles. The number of rotatable bonds is 22. The quantitative estimate of drug-likeness (QED) is 0.0565. The summed E-state index contributed by atoms with van der Waals surface area (Å²) in [5.74, 6) is -1.38. The van der Waals surface area contributed by atoms with Gasteiger partial charge in [-0.15, -0.1) is 0 Å². The zero-order chi connectivity index (χ0) is 41.5. The molecule has 0 spiro atoms. The maximum atomic E-state index is 13.3. The molecule has 0 saturated heterocycles. The Labute approximate surface area is 331 Å². The van der Waals surface area contributed by atoms with E-state index in [0.29, 0.717) is 73.3 Å². The van der Waals surface area contributed by atoms with Gasteiger partial charge in [-0.3, -0.25) is 19.2 Å². The van der Waals surface area contributed by atoms with Crippen LogP contribution in [0.3, 0.4) is 0 Å². The van der Waals surface area contributed by atoms with Gasteiger partial charge in [-0.2, -0.15) is 0 Å². The van der Waals surface area contributed by atoms with E-state index in [4.69, 9.17) is 20.6 Å². The Kier molecular flexibility index (Phi) is 16.1. The van der Waals surface area contributed by atoms with Crippen LogP contribution in [0.15, 0.2) is 48.5 Å². The molecule has 4 aromatic rings. The molecule has 308 valence electrons. The predicted molar refractivity (Wildman–Crippen MR) is 216 cm³/mol. The first-order valence-corrected chi connectivity index (χ1v) is 19.2. The number of aliphatic hydroxyl groups is 1. The van der Waals surface area contributed by atoms with E-state index in [1.54, 1.807) is 45.2 Å². The van der Waals surface area contributed by atoms with Crippen molar-refractivity contribution in [2.45, 2.75) is 97.1 Å². The molecule has 1 atom stereocenters. The van der Waals surface area contributed by atoms with E-state index in [1.165, 1.54) is 4.90 Å². The highest BCUT2D eigenvalue weighted by Gasteiger charge is 2.26. The van der Waals surface area contributed by atoms with Crippen molar-refractivity contribution in [3.63, 3.8) is 0 Å². The van der Waals surface area contributed by atoms with Crippen molar-refractivity contribution in [3.05, 3.63) is 59.9 Å². The third kappa shape index (κ3) is 13.4. The van der Waals surface area contributed by atoms with Gasteiger partial charge in [-0.25, -0.2) is 14.8 Å². The minimum Gasteiger partial charge on any atom is -0.481 e. The first-order valence-electron chi connectivity index (χ1n) is 19.2. The lowest BCUT2D eigenvalue weighted by molar-refractivity contribution is -0.137. The number of nitrogen functional groups attached to an aromatic ring is 1. The van der Waals surface area contributed by atoms with Crippen molar-refractivity contribution in [2.24, 2.45) is 0 Å². The van der Waals surface area contributed by atoms with E-state index in [0.717, 1.165) is 10.9 Å². The van der Waals surface area contributed by atoms with Crippen LogP contribution >= 0.6 is 0 Å². The van der Waals surface area contributed by atoms with E-state index in [-0.39, 0.29) is 50.8 Å². The third-order valence-electron chi connectivity index (χ3n) is 9.10. The van der Waals surface area contributed by atoms with Crippen molar-refractivity contribution in [1.82, 2.24) is 35.4 Å². The van der Waals surface area contributed by atoms with Gasteiger partial charge in [0, 0.05) is 30.5 Å².